The Balaban J connectivity index is 2.26. The molecule has 0 radical (unpaired) electrons. The average Bonchev–Trinajstić information content (AvgIpc) is 3.02. The molecule has 5 heteroatoms. The summed E-state index contributed by atoms with van der Waals surface area (Å²) >= 11 is 3.49. The molecule has 1 fully saturated rings. The number of hydrogen-bond acceptors (Lipinski definition) is 4. The molecule has 1 aromatic heterocycles. The number of aromatic nitrogens is 2. The van der Waals surface area contributed by atoms with E-state index < -0.39 is 0 Å². The van der Waals surface area contributed by atoms with E-state index in [1.54, 1.807) is 6.20 Å². The normalized spacial score (nSPS) is 15.5. The molecule has 0 amide bonds. The quantitative estimate of drug-likeness (QED) is 0.923. The number of hydrogen-bond donors (Lipinski definition) is 1. The van der Waals surface area contributed by atoms with Crippen molar-refractivity contribution >= 4 is 27.7 Å². The van der Waals surface area contributed by atoms with E-state index in [2.05, 4.69) is 44.6 Å². The molecule has 0 aliphatic heterocycles. The molecule has 0 unspecified atom stereocenters. The van der Waals surface area contributed by atoms with Crippen LogP contribution in [0.1, 0.15) is 26.7 Å². The second-order valence-electron chi connectivity index (χ2n) is 4.68. The lowest BCUT2D eigenvalue weighted by Crippen LogP contribution is -2.31. The van der Waals surface area contributed by atoms with Gasteiger partial charge in [0.05, 0.1) is 4.47 Å². The fraction of sp³-hybridized carbons (Fsp3) is 0.636. The van der Waals surface area contributed by atoms with Crippen LogP contribution in [0.15, 0.2) is 10.7 Å². The molecule has 0 atom stereocenters. The summed E-state index contributed by atoms with van der Waals surface area (Å²) in [5.41, 5.74) is 5.65. The fourth-order valence-electron chi connectivity index (χ4n) is 1.76. The highest BCUT2D eigenvalue weighted by molar-refractivity contribution is 9.10. The van der Waals surface area contributed by atoms with Crippen molar-refractivity contribution in [2.75, 3.05) is 17.2 Å². The molecular formula is C11H17BrN4. The maximum absolute atomic E-state index is 5.65. The third kappa shape index (κ3) is 2.64. The van der Waals surface area contributed by atoms with Crippen LogP contribution in [-0.2, 0) is 0 Å². The van der Waals surface area contributed by atoms with Crippen molar-refractivity contribution in [2.24, 2.45) is 5.92 Å². The van der Waals surface area contributed by atoms with E-state index in [1.807, 2.05) is 0 Å². The summed E-state index contributed by atoms with van der Waals surface area (Å²) in [5, 5.41) is 0. The monoisotopic (exact) mass is 284 g/mol. The topological polar surface area (TPSA) is 55.0 Å². The van der Waals surface area contributed by atoms with E-state index in [0.717, 1.165) is 16.8 Å². The van der Waals surface area contributed by atoms with Crippen molar-refractivity contribution in [2.45, 2.75) is 32.7 Å². The summed E-state index contributed by atoms with van der Waals surface area (Å²) in [6.45, 7) is 5.45. The Hall–Kier alpha value is -0.840. The Morgan fingerprint density at radius 1 is 1.56 bits per heavy atom. The van der Waals surface area contributed by atoms with Gasteiger partial charge < -0.3 is 10.6 Å². The summed E-state index contributed by atoms with van der Waals surface area (Å²) in [5.74, 6) is 1.89. The molecule has 0 aromatic carbocycles. The van der Waals surface area contributed by atoms with Gasteiger partial charge in [0.15, 0.2) is 0 Å². The lowest BCUT2D eigenvalue weighted by molar-refractivity contribution is 0.602. The van der Waals surface area contributed by atoms with Crippen LogP contribution in [0.25, 0.3) is 0 Å². The van der Waals surface area contributed by atoms with Crippen LogP contribution < -0.4 is 10.6 Å². The molecule has 16 heavy (non-hydrogen) atoms. The molecule has 1 heterocycles. The summed E-state index contributed by atoms with van der Waals surface area (Å²) in [4.78, 5) is 10.6. The van der Waals surface area contributed by atoms with Gasteiger partial charge >= 0.3 is 0 Å². The molecule has 1 saturated carbocycles. The SMILES string of the molecule is CC(C)CN(c1nc(N)ncc1Br)C1CC1. The first-order valence-electron chi connectivity index (χ1n) is 5.62. The first-order valence-corrected chi connectivity index (χ1v) is 6.42. The van der Waals surface area contributed by atoms with E-state index in [0.29, 0.717) is 17.9 Å². The van der Waals surface area contributed by atoms with Crippen LogP contribution in [0, 0.1) is 5.92 Å². The lowest BCUT2D eigenvalue weighted by atomic mass is 10.2. The van der Waals surface area contributed by atoms with Gasteiger partial charge in [-0.2, -0.15) is 4.98 Å². The van der Waals surface area contributed by atoms with Gasteiger partial charge in [-0.15, -0.1) is 0 Å². The van der Waals surface area contributed by atoms with Gasteiger partial charge in [-0.25, -0.2) is 4.98 Å². The summed E-state index contributed by atoms with van der Waals surface area (Å²) < 4.78 is 0.925. The number of anilines is 2. The van der Waals surface area contributed by atoms with Crippen molar-refractivity contribution in [3.05, 3.63) is 10.7 Å². The maximum atomic E-state index is 5.65. The Morgan fingerprint density at radius 3 is 2.81 bits per heavy atom. The van der Waals surface area contributed by atoms with Crippen LogP contribution in [0.3, 0.4) is 0 Å². The highest BCUT2D eigenvalue weighted by atomic mass is 79.9. The standard InChI is InChI=1S/C11H17BrN4/c1-7(2)6-16(8-3-4-8)10-9(12)5-14-11(13)15-10/h5,7-8H,3-4,6H2,1-2H3,(H2,13,14,15). The van der Waals surface area contributed by atoms with Crippen LogP contribution >= 0.6 is 15.9 Å². The third-order valence-electron chi connectivity index (χ3n) is 2.57. The molecule has 0 spiro atoms. The molecular weight excluding hydrogens is 268 g/mol. The minimum Gasteiger partial charge on any atom is -0.368 e. The molecule has 2 rings (SSSR count). The average molecular weight is 285 g/mol. The predicted octanol–water partition coefficient (Wildman–Crippen LogP) is 2.45. The van der Waals surface area contributed by atoms with Gasteiger partial charge in [-0.3, -0.25) is 0 Å². The number of halogens is 1. The van der Waals surface area contributed by atoms with Gasteiger partial charge in [-0.05, 0) is 34.7 Å². The van der Waals surface area contributed by atoms with Crippen molar-refractivity contribution in [3.63, 3.8) is 0 Å². The molecule has 88 valence electrons. The summed E-state index contributed by atoms with van der Waals surface area (Å²) in [7, 11) is 0. The van der Waals surface area contributed by atoms with Crippen LogP contribution in [-0.4, -0.2) is 22.6 Å². The Bertz CT molecular complexity index is 376. The summed E-state index contributed by atoms with van der Waals surface area (Å²) in [6, 6.07) is 0.632. The molecule has 1 aromatic rings. The van der Waals surface area contributed by atoms with Gasteiger partial charge in [-0.1, -0.05) is 13.8 Å². The third-order valence-corrected chi connectivity index (χ3v) is 3.13. The van der Waals surface area contributed by atoms with Gasteiger partial charge in [0.1, 0.15) is 5.82 Å². The van der Waals surface area contributed by atoms with Gasteiger partial charge in [0.2, 0.25) is 5.95 Å². The first-order chi connectivity index (χ1) is 7.58. The number of rotatable bonds is 4. The van der Waals surface area contributed by atoms with Crippen molar-refractivity contribution in [1.82, 2.24) is 9.97 Å². The van der Waals surface area contributed by atoms with E-state index in [1.165, 1.54) is 12.8 Å². The molecule has 4 nitrogen and oxygen atoms in total. The van der Waals surface area contributed by atoms with Crippen molar-refractivity contribution in [3.8, 4) is 0 Å². The lowest BCUT2D eigenvalue weighted by Gasteiger charge is -2.26. The molecule has 0 saturated heterocycles. The Labute approximate surface area is 104 Å². The van der Waals surface area contributed by atoms with Crippen LogP contribution in [0.4, 0.5) is 11.8 Å². The zero-order chi connectivity index (χ0) is 11.7. The predicted molar refractivity (Wildman–Crippen MR) is 69.4 cm³/mol. The zero-order valence-corrected chi connectivity index (χ0v) is 11.2. The van der Waals surface area contributed by atoms with E-state index in [-0.39, 0.29) is 0 Å². The maximum Gasteiger partial charge on any atom is 0.222 e. The Morgan fingerprint density at radius 2 is 2.25 bits per heavy atom. The minimum atomic E-state index is 0.340. The van der Waals surface area contributed by atoms with E-state index in [9.17, 15) is 0 Å². The molecule has 2 N–H and O–H groups in total. The summed E-state index contributed by atoms with van der Waals surface area (Å²) in [6.07, 6.45) is 4.24. The van der Waals surface area contributed by atoms with Crippen LogP contribution in [0.2, 0.25) is 0 Å². The number of nitrogen functional groups attached to an aromatic ring is 1. The largest absolute Gasteiger partial charge is 0.368 e. The zero-order valence-electron chi connectivity index (χ0n) is 9.65. The van der Waals surface area contributed by atoms with Crippen molar-refractivity contribution in [1.29, 1.82) is 0 Å². The molecule has 1 aliphatic rings. The number of nitrogens with zero attached hydrogens (tertiary/aromatic N) is 3. The molecule has 0 bridgehead atoms. The highest BCUT2D eigenvalue weighted by Crippen LogP contribution is 2.34. The Kier molecular flexibility index (Phi) is 3.33. The molecule has 1 aliphatic carbocycles. The van der Waals surface area contributed by atoms with E-state index >= 15 is 0 Å². The minimum absolute atomic E-state index is 0.340. The number of nitrogens with two attached hydrogens (primary N) is 1. The second-order valence-corrected chi connectivity index (χ2v) is 5.53. The van der Waals surface area contributed by atoms with Gasteiger partial charge in [0, 0.05) is 18.8 Å². The second kappa shape index (κ2) is 4.57. The van der Waals surface area contributed by atoms with Gasteiger partial charge in [0.25, 0.3) is 0 Å². The van der Waals surface area contributed by atoms with Crippen molar-refractivity contribution < 1.29 is 0 Å². The fourth-order valence-corrected chi connectivity index (χ4v) is 2.18. The first kappa shape index (κ1) is 11.6. The van der Waals surface area contributed by atoms with Crippen LogP contribution in [0.5, 0.6) is 0 Å². The highest BCUT2D eigenvalue weighted by Gasteiger charge is 2.31. The van der Waals surface area contributed by atoms with E-state index in [4.69, 9.17) is 5.73 Å². The smallest absolute Gasteiger partial charge is 0.222 e.